The fourth-order valence-corrected chi connectivity index (χ4v) is 1.50. The quantitative estimate of drug-likeness (QED) is 0.767. The zero-order valence-electron chi connectivity index (χ0n) is 7.57. The Hall–Kier alpha value is -0.720. The third-order valence-corrected chi connectivity index (χ3v) is 3.18. The maximum Gasteiger partial charge on any atom is 0.226 e. The van der Waals surface area contributed by atoms with Gasteiger partial charge in [-0.15, -0.1) is 11.6 Å². The molecule has 0 amide bonds. The molecule has 0 aliphatic heterocycles. The maximum atomic E-state index is 11.0. The second kappa shape index (κ2) is 4.68. The van der Waals surface area contributed by atoms with Crippen LogP contribution in [-0.4, -0.2) is 23.6 Å². The Morgan fingerprint density at radius 3 is 2.86 bits per heavy atom. The first kappa shape index (κ1) is 11.4. The van der Waals surface area contributed by atoms with Crippen LogP contribution in [0.5, 0.6) is 0 Å². The highest BCUT2D eigenvalue weighted by Gasteiger charge is 2.07. The van der Waals surface area contributed by atoms with Crippen molar-refractivity contribution in [3.05, 3.63) is 23.8 Å². The lowest BCUT2D eigenvalue weighted by molar-refractivity contribution is 0.585. The second-order valence-electron chi connectivity index (χ2n) is 2.64. The summed E-state index contributed by atoms with van der Waals surface area (Å²) in [4.78, 5) is 7.92. The van der Waals surface area contributed by atoms with Crippen molar-refractivity contribution in [2.24, 2.45) is 0 Å². The highest BCUT2D eigenvalue weighted by atomic mass is 35.5. The van der Waals surface area contributed by atoms with Crippen molar-refractivity contribution in [3.8, 4) is 0 Å². The van der Waals surface area contributed by atoms with E-state index in [0.29, 0.717) is 11.5 Å². The average molecular weight is 236 g/mol. The molecule has 1 aromatic heterocycles. The van der Waals surface area contributed by atoms with Crippen LogP contribution in [0.3, 0.4) is 0 Å². The summed E-state index contributed by atoms with van der Waals surface area (Å²) in [6, 6.07) is 1.64. The highest BCUT2D eigenvalue weighted by Crippen LogP contribution is 1.96. The molecule has 0 saturated heterocycles. The van der Waals surface area contributed by atoms with Gasteiger partial charge in [-0.2, -0.15) is 0 Å². The van der Waals surface area contributed by atoms with Crippen LogP contribution in [0.2, 0.25) is 0 Å². The van der Waals surface area contributed by atoms with Gasteiger partial charge in [0.2, 0.25) is 10.0 Å². The first-order chi connectivity index (χ1) is 6.53. The number of alkyl halides is 1. The van der Waals surface area contributed by atoms with Crippen LogP contribution in [0.4, 0.5) is 0 Å². The molecule has 0 spiro atoms. The molecule has 0 unspecified atom stereocenters. The van der Waals surface area contributed by atoms with Crippen molar-refractivity contribution >= 4 is 21.6 Å². The molecule has 0 fully saturated rings. The number of sulfonamides is 1. The molecule has 0 aromatic carbocycles. The standard InChI is InChI=1S/C7H10ClN3O2S/c1-6-9-3-2-7(11-6)4-10-14(12,13)5-8/h2-3,10H,4-5H2,1H3. The molecule has 0 radical (unpaired) electrons. The fraction of sp³-hybridized carbons (Fsp3) is 0.429. The van der Waals surface area contributed by atoms with Crippen LogP contribution in [0.15, 0.2) is 12.3 Å². The molecule has 0 aliphatic carbocycles. The number of hydrogen-bond donors (Lipinski definition) is 1. The van der Waals surface area contributed by atoms with Crippen LogP contribution in [-0.2, 0) is 16.6 Å². The second-order valence-corrected chi connectivity index (χ2v) is 5.03. The topological polar surface area (TPSA) is 72.0 Å². The van der Waals surface area contributed by atoms with Crippen molar-refractivity contribution in [2.75, 3.05) is 5.21 Å². The van der Waals surface area contributed by atoms with Gasteiger partial charge in [0.15, 0.2) is 0 Å². The molecule has 0 bridgehead atoms. The predicted octanol–water partition coefficient (Wildman–Crippen LogP) is 0.401. The number of hydrogen-bond acceptors (Lipinski definition) is 4. The van der Waals surface area contributed by atoms with Crippen molar-refractivity contribution in [1.82, 2.24) is 14.7 Å². The van der Waals surface area contributed by atoms with E-state index in [2.05, 4.69) is 14.7 Å². The van der Waals surface area contributed by atoms with E-state index >= 15 is 0 Å². The molecule has 7 heteroatoms. The number of nitrogens with zero attached hydrogens (tertiary/aromatic N) is 2. The zero-order valence-corrected chi connectivity index (χ0v) is 9.14. The minimum Gasteiger partial charge on any atom is -0.242 e. The lowest BCUT2D eigenvalue weighted by atomic mass is 10.4. The van der Waals surface area contributed by atoms with E-state index in [1.54, 1.807) is 19.2 Å². The smallest absolute Gasteiger partial charge is 0.226 e. The Morgan fingerprint density at radius 2 is 2.29 bits per heavy atom. The summed E-state index contributed by atoms with van der Waals surface area (Å²) in [5.41, 5.74) is 0.617. The molecule has 1 aromatic rings. The average Bonchev–Trinajstić information content (AvgIpc) is 2.15. The van der Waals surface area contributed by atoms with Gasteiger partial charge < -0.3 is 0 Å². The zero-order chi connectivity index (χ0) is 10.6. The summed E-state index contributed by atoms with van der Waals surface area (Å²) in [6.07, 6.45) is 1.58. The molecule has 1 N–H and O–H groups in total. The lowest BCUT2D eigenvalue weighted by Crippen LogP contribution is -2.24. The minimum atomic E-state index is -3.38. The van der Waals surface area contributed by atoms with Crippen molar-refractivity contribution in [2.45, 2.75) is 13.5 Å². The Balaban J connectivity index is 2.63. The van der Waals surface area contributed by atoms with E-state index in [1.807, 2.05) is 0 Å². The first-order valence-electron chi connectivity index (χ1n) is 3.85. The van der Waals surface area contributed by atoms with Crippen molar-refractivity contribution in [1.29, 1.82) is 0 Å². The number of rotatable bonds is 4. The fourth-order valence-electron chi connectivity index (χ4n) is 0.826. The van der Waals surface area contributed by atoms with Crippen LogP contribution in [0.1, 0.15) is 11.5 Å². The van der Waals surface area contributed by atoms with Gasteiger partial charge in [-0.05, 0) is 13.0 Å². The summed E-state index contributed by atoms with van der Waals surface area (Å²) in [5.74, 6) is 0.604. The van der Waals surface area contributed by atoms with E-state index < -0.39 is 15.2 Å². The summed E-state index contributed by atoms with van der Waals surface area (Å²) >= 11 is 5.21. The van der Waals surface area contributed by atoms with Gasteiger partial charge in [-0.25, -0.2) is 23.1 Å². The van der Waals surface area contributed by atoms with E-state index in [9.17, 15) is 8.42 Å². The Kier molecular flexibility index (Phi) is 3.79. The summed E-state index contributed by atoms with van der Waals surface area (Å²) in [5, 5.41) is -0.447. The minimum absolute atomic E-state index is 0.137. The Morgan fingerprint density at radius 1 is 1.57 bits per heavy atom. The third-order valence-electron chi connectivity index (χ3n) is 1.45. The van der Waals surface area contributed by atoms with Gasteiger partial charge >= 0.3 is 0 Å². The molecular weight excluding hydrogens is 226 g/mol. The summed E-state index contributed by atoms with van der Waals surface area (Å²) in [6.45, 7) is 1.87. The monoisotopic (exact) mass is 235 g/mol. The largest absolute Gasteiger partial charge is 0.242 e. The number of aromatic nitrogens is 2. The van der Waals surface area contributed by atoms with Crippen LogP contribution >= 0.6 is 11.6 Å². The van der Waals surface area contributed by atoms with Crippen LogP contribution in [0.25, 0.3) is 0 Å². The van der Waals surface area contributed by atoms with Gasteiger partial charge in [0.1, 0.15) is 11.0 Å². The van der Waals surface area contributed by atoms with Gasteiger partial charge in [0.05, 0.1) is 12.2 Å². The van der Waals surface area contributed by atoms with Gasteiger partial charge in [0.25, 0.3) is 0 Å². The van der Waals surface area contributed by atoms with Crippen molar-refractivity contribution in [3.63, 3.8) is 0 Å². The molecule has 14 heavy (non-hydrogen) atoms. The summed E-state index contributed by atoms with van der Waals surface area (Å²) in [7, 11) is -3.38. The SMILES string of the molecule is Cc1nccc(CNS(=O)(=O)CCl)n1. The molecule has 5 nitrogen and oxygen atoms in total. The number of halogens is 1. The number of aryl methyl sites for hydroxylation is 1. The molecule has 0 saturated carbocycles. The Bertz CT molecular complexity index is 407. The van der Waals surface area contributed by atoms with Crippen LogP contribution in [0, 0.1) is 6.92 Å². The normalized spacial score (nSPS) is 11.6. The van der Waals surface area contributed by atoms with E-state index in [4.69, 9.17) is 11.6 Å². The Labute approximate surface area is 87.6 Å². The molecule has 0 aliphatic rings. The van der Waals surface area contributed by atoms with E-state index in [-0.39, 0.29) is 6.54 Å². The third kappa shape index (κ3) is 3.57. The summed E-state index contributed by atoms with van der Waals surface area (Å²) < 4.78 is 24.2. The van der Waals surface area contributed by atoms with Crippen LogP contribution < -0.4 is 4.72 Å². The predicted molar refractivity (Wildman–Crippen MR) is 53.2 cm³/mol. The van der Waals surface area contributed by atoms with Gasteiger partial charge in [-0.3, -0.25) is 0 Å². The molecule has 1 heterocycles. The lowest BCUT2D eigenvalue weighted by Gasteiger charge is -2.02. The van der Waals surface area contributed by atoms with Gasteiger partial charge in [-0.1, -0.05) is 0 Å². The van der Waals surface area contributed by atoms with Crippen molar-refractivity contribution < 1.29 is 8.42 Å². The molecule has 78 valence electrons. The first-order valence-corrected chi connectivity index (χ1v) is 6.04. The van der Waals surface area contributed by atoms with E-state index in [0.717, 1.165) is 0 Å². The molecule has 1 rings (SSSR count). The highest BCUT2D eigenvalue weighted by molar-refractivity contribution is 7.90. The maximum absolute atomic E-state index is 11.0. The molecule has 0 atom stereocenters. The number of nitrogens with one attached hydrogen (secondary N) is 1. The van der Waals surface area contributed by atoms with E-state index in [1.165, 1.54) is 0 Å². The van der Waals surface area contributed by atoms with Gasteiger partial charge in [0, 0.05) is 6.20 Å². The molecular formula is C7H10ClN3O2S.